The molecule has 0 unspecified atom stereocenters. The first-order chi connectivity index (χ1) is 15.1. The van der Waals surface area contributed by atoms with E-state index in [1.807, 2.05) is 30.3 Å². The molecule has 0 bridgehead atoms. The fourth-order valence-corrected chi connectivity index (χ4v) is 4.28. The molecule has 1 amide bonds. The highest BCUT2D eigenvalue weighted by atomic mass is 16.2. The minimum Gasteiger partial charge on any atom is -0.312 e. The first-order valence-electron chi connectivity index (χ1n) is 10.3. The summed E-state index contributed by atoms with van der Waals surface area (Å²) in [5.41, 5.74) is 4.01. The number of nitrogens with zero attached hydrogens (tertiary/aromatic N) is 2. The molecule has 0 atom stereocenters. The molecule has 1 aliphatic heterocycles. The number of nitrogens with one attached hydrogen (secondary N) is 1. The van der Waals surface area contributed by atoms with Gasteiger partial charge in [0, 0.05) is 25.2 Å². The fourth-order valence-electron chi connectivity index (χ4n) is 4.28. The van der Waals surface area contributed by atoms with Crippen LogP contribution in [0, 0.1) is 0 Å². The number of hydrogen-bond acceptors (Lipinski definition) is 3. The van der Waals surface area contributed by atoms with Gasteiger partial charge in [-0.3, -0.25) is 19.1 Å². The van der Waals surface area contributed by atoms with Gasteiger partial charge in [0.25, 0.3) is 5.56 Å². The molecule has 3 aromatic carbocycles. The molecule has 31 heavy (non-hydrogen) atoms. The Labute approximate surface area is 178 Å². The number of amides is 1. The highest BCUT2D eigenvalue weighted by Gasteiger charge is 2.25. The largest absolute Gasteiger partial charge is 0.328 e. The number of carbonyl (C=O) groups is 1. The Morgan fingerprint density at radius 1 is 0.903 bits per heavy atom. The van der Waals surface area contributed by atoms with Crippen LogP contribution in [-0.2, 0) is 17.8 Å². The highest BCUT2D eigenvalue weighted by molar-refractivity contribution is 5.96. The van der Waals surface area contributed by atoms with E-state index in [9.17, 15) is 14.4 Å². The predicted molar refractivity (Wildman–Crippen MR) is 121 cm³/mol. The quantitative estimate of drug-likeness (QED) is 0.560. The lowest BCUT2D eigenvalue weighted by molar-refractivity contribution is -0.118. The molecule has 0 spiro atoms. The third-order valence-corrected chi connectivity index (χ3v) is 5.84. The standard InChI is InChI=1S/C25H21N3O3/c29-23(13-15-28-22-9-5-4-8-20(22)24(30)26-25(28)31)27-14-12-19-16-18(10-11-21(19)27)17-6-2-1-3-7-17/h1-11,16H,12-15H2,(H,26,30,31). The van der Waals surface area contributed by atoms with Gasteiger partial charge < -0.3 is 4.90 Å². The van der Waals surface area contributed by atoms with Crippen molar-refractivity contribution in [1.29, 1.82) is 0 Å². The molecule has 5 rings (SSSR count). The molecule has 6 heteroatoms. The van der Waals surface area contributed by atoms with Crippen molar-refractivity contribution >= 4 is 22.5 Å². The molecule has 6 nitrogen and oxygen atoms in total. The van der Waals surface area contributed by atoms with E-state index < -0.39 is 11.2 Å². The summed E-state index contributed by atoms with van der Waals surface area (Å²) in [4.78, 5) is 41.5. The Bertz CT molecular complexity index is 1400. The van der Waals surface area contributed by atoms with E-state index in [1.54, 1.807) is 29.2 Å². The number of fused-ring (bicyclic) bond motifs is 2. The summed E-state index contributed by atoms with van der Waals surface area (Å²) in [6.45, 7) is 0.844. The molecule has 1 N–H and O–H groups in total. The Hall–Kier alpha value is -3.93. The third kappa shape index (κ3) is 3.46. The SMILES string of the molecule is O=C(CCn1c(=O)[nH]c(=O)c2ccccc21)N1CCc2cc(-c3ccccc3)ccc21. The van der Waals surface area contributed by atoms with Gasteiger partial charge in [0.2, 0.25) is 5.91 Å². The second-order valence-electron chi connectivity index (χ2n) is 7.68. The molecule has 154 valence electrons. The molecular formula is C25H21N3O3. The highest BCUT2D eigenvalue weighted by Crippen LogP contribution is 2.32. The molecule has 4 aromatic rings. The summed E-state index contributed by atoms with van der Waals surface area (Å²) in [5, 5.41) is 0.439. The van der Waals surface area contributed by atoms with Crippen LogP contribution in [0.25, 0.3) is 22.0 Å². The van der Waals surface area contributed by atoms with Crippen molar-refractivity contribution in [2.24, 2.45) is 0 Å². The minimum atomic E-state index is -0.495. The predicted octanol–water partition coefficient (Wildman–Crippen LogP) is 3.34. The topological polar surface area (TPSA) is 75.2 Å². The van der Waals surface area contributed by atoms with Crippen molar-refractivity contribution < 1.29 is 4.79 Å². The lowest BCUT2D eigenvalue weighted by Gasteiger charge is -2.18. The number of carbonyl (C=O) groups excluding carboxylic acids is 1. The van der Waals surface area contributed by atoms with Crippen LogP contribution in [-0.4, -0.2) is 22.0 Å². The van der Waals surface area contributed by atoms with E-state index >= 15 is 0 Å². The number of rotatable bonds is 4. The van der Waals surface area contributed by atoms with Crippen molar-refractivity contribution in [1.82, 2.24) is 9.55 Å². The summed E-state index contributed by atoms with van der Waals surface area (Å²) in [7, 11) is 0. The Morgan fingerprint density at radius 3 is 2.52 bits per heavy atom. The second-order valence-corrected chi connectivity index (χ2v) is 7.68. The zero-order valence-corrected chi connectivity index (χ0v) is 16.9. The molecule has 1 aromatic heterocycles. The van der Waals surface area contributed by atoms with Crippen LogP contribution in [0.2, 0.25) is 0 Å². The van der Waals surface area contributed by atoms with Gasteiger partial charge in [0.15, 0.2) is 0 Å². The molecule has 0 radical (unpaired) electrons. The van der Waals surface area contributed by atoms with Gasteiger partial charge in [-0.1, -0.05) is 48.5 Å². The third-order valence-electron chi connectivity index (χ3n) is 5.84. The van der Waals surface area contributed by atoms with E-state index in [4.69, 9.17) is 0 Å². The maximum Gasteiger partial charge on any atom is 0.328 e. The van der Waals surface area contributed by atoms with Gasteiger partial charge in [-0.2, -0.15) is 0 Å². The Balaban J connectivity index is 1.37. The molecule has 0 saturated carbocycles. The first kappa shape index (κ1) is 19.1. The smallest absolute Gasteiger partial charge is 0.312 e. The van der Waals surface area contributed by atoms with Gasteiger partial charge in [-0.25, -0.2) is 4.79 Å². The second kappa shape index (κ2) is 7.72. The average Bonchev–Trinajstić information content (AvgIpc) is 3.23. The average molecular weight is 411 g/mol. The molecule has 0 saturated heterocycles. The number of aryl methyl sites for hydroxylation is 1. The van der Waals surface area contributed by atoms with Crippen LogP contribution in [0.3, 0.4) is 0 Å². The number of hydrogen-bond donors (Lipinski definition) is 1. The van der Waals surface area contributed by atoms with E-state index in [-0.39, 0.29) is 18.9 Å². The van der Waals surface area contributed by atoms with Crippen molar-refractivity contribution in [3.05, 3.63) is 99.2 Å². The van der Waals surface area contributed by atoms with Crippen LogP contribution in [0.5, 0.6) is 0 Å². The number of H-pyrrole nitrogens is 1. The number of para-hydroxylation sites is 1. The van der Waals surface area contributed by atoms with Gasteiger partial charge in [0.05, 0.1) is 10.9 Å². The zero-order chi connectivity index (χ0) is 21.4. The first-order valence-corrected chi connectivity index (χ1v) is 10.3. The number of aromatic nitrogens is 2. The van der Waals surface area contributed by atoms with Crippen molar-refractivity contribution in [2.75, 3.05) is 11.4 Å². The summed E-state index contributed by atoms with van der Waals surface area (Å²) in [6, 6.07) is 23.3. The number of benzene rings is 3. The van der Waals surface area contributed by atoms with Crippen molar-refractivity contribution in [2.45, 2.75) is 19.4 Å². The lowest BCUT2D eigenvalue weighted by Crippen LogP contribution is -2.34. The van der Waals surface area contributed by atoms with Gasteiger partial charge in [-0.05, 0) is 47.4 Å². The maximum atomic E-state index is 13.0. The monoisotopic (exact) mass is 411 g/mol. The molecule has 0 fully saturated rings. The molecular weight excluding hydrogens is 390 g/mol. The summed E-state index contributed by atoms with van der Waals surface area (Å²) >= 11 is 0. The Morgan fingerprint density at radius 2 is 1.68 bits per heavy atom. The van der Waals surface area contributed by atoms with Crippen LogP contribution >= 0.6 is 0 Å². The fraction of sp³-hybridized carbons (Fsp3) is 0.160. The Kier molecular flexibility index (Phi) is 4.75. The van der Waals surface area contributed by atoms with Crippen LogP contribution in [0.1, 0.15) is 12.0 Å². The zero-order valence-electron chi connectivity index (χ0n) is 16.9. The van der Waals surface area contributed by atoms with Gasteiger partial charge in [-0.15, -0.1) is 0 Å². The van der Waals surface area contributed by atoms with Crippen LogP contribution in [0.4, 0.5) is 5.69 Å². The van der Waals surface area contributed by atoms with Crippen molar-refractivity contribution in [3.63, 3.8) is 0 Å². The molecule has 2 heterocycles. The van der Waals surface area contributed by atoms with E-state index in [0.717, 1.165) is 28.8 Å². The van der Waals surface area contributed by atoms with E-state index in [0.29, 0.717) is 17.4 Å². The number of aromatic amines is 1. The van der Waals surface area contributed by atoms with Crippen molar-refractivity contribution in [3.8, 4) is 11.1 Å². The van der Waals surface area contributed by atoms with Crippen LogP contribution < -0.4 is 16.1 Å². The molecule has 0 aliphatic carbocycles. The van der Waals surface area contributed by atoms with Gasteiger partial charge >= 0.3 is 5.69 Å². The summed E-state index contributed by atoms with van der Waals surface area (Å²) in [6.07, 6.45) is 0.985. The van der Waals surface area contributed by atoms with E-state index in [1.165, 1.54) is 4.57 Å². The van der Waals surface area contributed by atoms with Gasteiger partial charge in [0.1, 0.15) is 0 Å². The number of anilines is 1. The van der Waals surface area contributed by atoms with Crippen LogP contribution in [0.15, 0.2) is 82.4 Å². The normalized spacial score (nSPS) is 12.8. The maximum absolute atomic E-state index is 13.0. The summed E-state index contributed by atoms with van der Waals surface area (Å²) in [5.74, 6) is -0.0339. The van der Waals surface area contributed by atoms with E-state index in [2.05, 4.69) is 23.2 Å². The minimum absolute atomic E-state index is 0.0339. The molecule has 1 aliphatic rings. The summed E-state index contributed by atoms with van der Waals surface area (Å²) < 4.78 is 1.46. The lowest BCUT2D eigenvalue weighted by atomic mass is 10.0.